The van der Waals surface area contributed by atoms with Crippen LogP contribution in [0.15, 0.2) is 24.3 Å². The van der Waals surface area contributed by atoms with Gasteiger partial charge in [0.2, 0.25) is 0 Å². The SMILES string of the molecule is CCCCCC/C=C\COC(=O)CCCCCCCC(CCCCCCCC(=O)OC/C=C\CCCCCC(=O)OC)OC(=O)CCCN(C)C. The standard InChI is InChI=1S/C42H75NO8/c1-5-6-7-8-10-19-26-36-49-40(45)32-24-17-12-14-21-29-38(51-42(47)34-28-35-43(2)3)30-22-15-13-18-25-33-41(46)50-37-27-20-11-9-16-23-31-39(44)48-4/h19-20,26-27,38H,5-18,21-25,28-37H2,1-4H3/b26-19-,27-20-. The van der Waals surface area contributed by atoms with Crippen LogP contribution in [-0.2, 0) is 38.1 Å². The van der Waals surface area contributed by atoms with Gasteiger partial charge in [-0.15, -0.1) is 0 Å². The molecule has 0 rings (SSSR count). The molecule has 0 aromatic heterocycles. The smallest absolute Gasteiger partial charge is 0.306 e. The molecule has 1 atom stereocenters. The van der Waals surface area contributed by atoms with E-state index in [1.54, 1.807) is 0 Å². The number of carbonyl (C=O) groups excluding carboxylic acids is 4. The van der Waals surface area contributed by atoms with Gasteiger partial charge in [0.25, 0.3) is 0 Å². The highest BCUT2D eigenvalue weighted by Crippen LogP contribution is 2.18. The Bertz CT molecular complexity index is 917. The van der Waals surface area contributed by atoms with Crippen molar-refractivity contribution in [2.24, 2.45) is 0 Å². The van der Waals surface area contributed by atoms with Crippen LogP contribution in [0.4, 0.5) is 0 Å². The van der Waals surface area contributed by atoms with Gasteiger partial charge in [-0.1, -0.05) is 95.4 Å². The Kier molecular flexibility index (Phi) is 35.1. The van der Waals surface area contributed by atoms with Crippen molar-refractivity contribution < 1.29 is 38.1 Å². The van der Waals surface area contributed by atoms with Crippen LogP contribution in [0.2, 0.25) is 0 Å². The maximum atomic E-state index is 12.5. The second-order valence-corrected chi connectivity index (χ2v) is 14.0. The van der Waals surface area contributed by atoms with E-state index in [4.69, 9.17) is 14.2 Å². The van der Waals surface area contributed by atoms with Crippen LogP contribution in [0.1, 0.15) is 174 Å². The number of hydrogen-bond donors (Lipinski definition) is 0. The molecule has 0 amide bonds. The van der Waals surface area contributed by atoms with Crippen molar-refractivity contribution in [2.75, 3.05) is 41.0 Å². The molecule has 0 heterocycles. The van der Waals surface area contributed by atoms with Crippen molar-refractivity contribution in [3.05, 3.63) is 24.3 Å². The van der Waals surface area contributed by atoms with E-state index >= 15 is 0 Å². The minimum Gasteiger partial charge on any atom is -0.469 e. The summed E-state index contributed by atoms with van der Waals surface area (Å²) in [5, 5.41) is 0. The van der Waals surface area contributed by atoms with Gasteiger partial charge in [-0.2, -0.15) is 0 Å². The lowest BCUT2D eigenvalue weighted by atomic mass is 10.0. The first-order chi connectivity index (χ1) is 24.8. The van der Waals surface area contributed by atoms with Gasteiger partial charge in [-0.25, -0.2) is 0 Å². The van der Waals surface area contributed by atoms with Crippen LogP contribution in [0, 0.1) is 0 Å². The summed E-state index contributed by atoms with van der Waals surface area (Å²) in [7, 11) is 5.43. The van der Waals surface area contributed by atoms with Gasteiger partial charge < -0.3 is 23.8 Å². The maximum absolute atomic E-state index is 12.5. The first-order valence-electron chi connectivity index (χ1n) is 20.3. The summed E-state index contributed by atoms with van der Waals surface area (Å²) in [6.45, 7) is 3.76. The predicted molar refractivity (Wildman–Crippen MR) is 206 cm³/mol. The zero-order chi connectivity index (χ0) is 37.6. The Hall–Kier alpha value is -2.68. The van der Waals surface area contributed by atoms with E-state index in [9.17, 15) is 19.2 Å². The Balaban J connectivity index is 4.10. The summed E-state index contributed by atoms with van der Waals surface area (Å²) in [5.74, 6) is -0.538. The molecule has 9 nitrogen and oxygen atoms in total. The molecule has 0 radical (unpaired) electrons. The van der Waals surface area contributed by atoms with Crippen molar-refractivity contribution in [1.82, 2.24) is 4.90 Å². The van der Waals surface area contributed by atoms with Crippen molar-refractivity contribution in [1.29, 1.82) is 0 Å². The lowest BCUT2D eigenvalue weighted by molar-refractivity contribution is -0.150. The molecule has 0 aromatic rings. The lowest BCUT2D eigenvalue weighted by Gasteiger charge is -2.18. The quantitative estimate of drug-likeness (QED) is 0.0270. The molecule has 0 saturated carbocycles. The summed E-state index contributed by atoms with van der Waals surface area (Å²) in [4.78, 5) is 49.7. The molecule has 0 spiro atoms. The van der Waals surface area contributed by atoms with E-state index in [1.165, 1.54) is 32.8 Å². The van der Waals surface area contributed by atoms with Crippen LogP contribution in [0.25, 0.3) is 0 Å². The van der Waals surface area contributed by atoms with Crippen LogP contribution < -0.4 is 0 Å². The van der Waals surface area contributed by atoms with E-state index in [-0.39, 0.29) is 30.0 Å². The molecule has 0 bridgehead atoms. The second kappa shape index (κ2) is 37.1. The number of allylic oxidation sites excluding steroid dienone is 2. The van der Waals surface area contributed by atoms with Crippen molar-refractivity contribution in [3.63, 3.8) is 0 Å². The Morgan fingerprint density at radius 3 is 1.43 bits per heavy atom. The summed E-state index contributed by atoms with van der Waals surface area (Å²) >= 11 is 0. The molecule has 1 unspecified atom stereocenters. The molecule has 51 heavy (non-hydrogen) atoms. The number of unbranched alkanes of at least 4 members (excludes halogenated alkanes) is 15. The van der Waals surface area contributed by atoms with Crippen molar-refractivity contribution in [3.8, 4) is 0 Å². The van der Waals surface area contributed by atoms with Crippen LogP contribution >= 0.6 is 0 Å². The molecule has 296 valence electrons. The zero-order valence-electron chi connectivity index (χ0n) is 33.1. The summed E-state index contributed by atoms with van der Waals surface area (Å²) in [5.41, 5.74) is 0. The molecule has 9 heteroatoms. The Morgan fingerprint density at radius 2 is 0.941 bits per heavy atom. The normalized spacial score (nSPS) is 12.1. The average Bonchev–Trinajstić information content (AvgIpc) is 3.10. The highest BCUT2D eigenvalue weighted by molar-refractivity contribution is 5.70. The third-order valence-electron chi connectivity index (χ3n) is 8.82. The predicted octanol–water partition coefficient (Wildman–Crippen LogP) is 9.99. The largest absolute Gasteiger partial charge is 0.469 e. The number of carbonyl (C=O) groups is 4. The Labute approximate surface area is 311 Å². The zero-order valence-corrected chi connectivity index (χ0v) is 33.1. The summed E-state index contributed by atoms with van der Waals surface area (Å²) in [6.07, 6.45) is 32.0. The number of methoxy groups -OCH3 is 1. The maximum Gasteiger partial charge on any atom is 0.306 e. The third-order valence-corrected chi connectivity index (χ3v) is 8.82. The lowest BCUT2D eigenvalue weighted by Crippen LogP contribution is -2.20. The molecule has 0 aromatic carbocycles. The first kappa shape index (κ1) is 48.3. The molecular weight excluding hydrogens is 646 g/mol. The van der Waals surface area contributed by atoms with Gasteiger partial charge in [-0.05, 0) is 97.7 Å². The van der Waals surface area contributed by atoms with E-state index in [0.29, 0.717) is 38.9 Å². The number of hydrogen-bond acceptors (Lipinski definition) is 9. The van der Waals surface area contributed by atoms with Crippen molar-refractivity contribution in [2.45, 2.75) is 180 Å². The van der Waals surface area contributed by atoms with Gasteiger partial charge in [0, 0.05) is 25.7 Å². The van der Waals surface area contributed by atoms with E-state index in [0.717, 1.165) is 122 Å². The molecule has 0 aliphatic heterocycles. The van der Waals surface area contributed by atoms with E-state index in [1.807, 2.05) is 32.3 Å². The molecule has 0 N–H and O–H groups in total. The van der Waals surface area contributed by atoms with Gasteiger partial charge in [0.1, 0.15) is 19.3 Å². The summed E-state index contributed by atoms with van der Waals surface area (Å²) in [6, 6.07) is 0. The fourth-order valence-corrected chi connectivity index (χ4v) is 5.69. The van der Waals surface area contributed by atoms with Crippen LogP contribution in [0.5, 0.6) is 0 Å². The van der Waals surface area contributed by atoms with Gasteiger partial charge in [0.05, 0.1) is 7.11 Å². The number of esters is 4. The van der Waals surface area contributed by atoms with Gasteiger partial charge in [-0.3, -0.25) is 19.2 Å². The average molecular weight is 722 g/mol. The molecular formula is C42H75NO8. The molecule has 0 saturated heterocycles. The highest BCUT2D eigenvalue weighted by atomic mass is 16.5. The summed E-state index contributed by atoms with van der Waals surface area (Å²) < 4.78 is 21.2. The topological polar surface area (TPSA) is 108 Å². The molecule has 0 aliphatic carbocycles. The monoisotopic (exact) mass is 722 g/mol. The molecule has 0 aliphatic rings. The number of nitrogens with zero attached hydrogens (tertiary/aromatic N) is 1. The second-order valence-electron chi connectivity index (χ2n) is 14.0. The van der Waals surface area contributed by atoms with Crippen molar-refractivity contribution >= 4 is 23.9 Å². The number of ether oxygens (including phenoxy) is 4. The highest BCUT2D eigenvalue weighted by Gasteiger charge is 2.14. The first-order valence-corrected chi connectivity index (χ1v) is 20.3. The van der Waals surface area contributed by atoms with E-state index in [2.05, 4.69) is 22.6 Å². The minimum absolute atomic E-state index is 0.0468. The van der Waals surface area contributed by atoms with E-state index < -0.39 is 0 Å². The van der Waals surface area contributed by atoms with Gasteiger partial charge >= 0.3 is 23.9 Å². The molecule has 0 fully saturated rings. The minimum atomic E-state index is -0.162. The van der Waals surface area contributed by atoms with Crippen LogP contribution in [0.3, 0.4) is 0 Å². The fraction of sp³-hybridized carbons (Fsp3) is 0.810. The third kappa shape index (κ3) is 36.9. The fourth-order valence-electron chi connectivity index (χ4n) is 5.69. The van der Waals surface area contributed by atoms with Gasteiger partial charge in [0.15, 0.2) is 0 Å². The number of rotatable bonds is 36. The Morgan fingerprint density at radius 1 is 0.510 bits per heavy atom. The van der Waals surface area contributed by atoms with Crippen LogP contribution in [-0.4, -0.2) is 75.8 Å².